The van der Waals surface area contributed by atoms with Gasteiger partial charge in [-0.2, -0.15) is 39.5 Å². The lowest BCUT2D eigenvalue weighted by Crippen LogP contribution is -2.63. The van der Waals surface area contributed by atoms with Gasteiger partial charge in [0.1, 0.15) is 10.9 Å². The SMILES string of the molecule is CC(=O)OC(Oc1ccccc1[S+](c1ccccc1)c1ccccc1OC(OC(C)=O)C12CC3CC(CC(C3)C1C)C2)C12CC3CC(CC(C3)C1C)C2.O=S(=O)([O-])C(F)(F)C(F)(F)C(F)(F)C(F)(F)F. The highest BCUT2D eigenvalue weighted by atomic mass is 32.2. The molecule has 0 spiro atoms. The van der Waals surface area contributed by atoms with E-state index in [0.717, 1.165) is 51.9 Å². The lowest BCUT2D eigenvalue weighted by Gasteiger charge is -2.61. The summed E-state index contributed by atoms with van der Waals surface area (Å²) in [6, 6.07) is 27.1. The Bertz CT molecular complexity index is 2390. The second-order valence-corrected chi connectivity index (χ2v) is 23.9. The summed E-state index contributed by atoms with van der Waals surface area (Å²) in [6.07, 6.45) is 3.41. The Morgan fingerprint density at radius 1 is 0.586 bits per heavy atom. The van der Waals surface area contributed by atoms with Gasteiger partial charge in [0, 0.05) is 24.7 Å². The molecule has 8 bridgehead atoms. The van der Waals surface area contributed by atoms with Gasteiger partial charge in [-0.3, -0.25) is 9.59 Å². The van der Waals surface area contributed by atoms with Gasteiger partial charge in [0.05, 0.1) is 0 Å². The van der Waals surface area contributed by atoms with E-state index in [4.69, 9.17) is 18.9 Å². The van der Waals surface area contributed by atoms with Crippen LogP contribution in [-0.2, 0) is 40.1 Å². The molecule has 0 saturated heterocycles. The summed E-state index contributed by atoms with van der Waals surface area (Å²) >= 11 is 0. The number of alkyl halides is 9. The zero-order valence-corrected chi connectivity index (χ0v) is 40.4. The van der Waals surface area contributed by atoms with E-state index in [0.29, 0.717) is 47.3 Å². The summed E-state index contributed by atoms with van der Waals surface area (Å²) in [5, 5.41) is -7.11. The summed E-state index contributed by atoms with van der Waals surface area (Å²) in [5.74, 6) is -9.13. The van der Waals surface area contributed by atoms with Crippen molar-refractivity contribution in [1.82, 2.24) is 0 Å². The molecular weight excluding hydrogens is 980 g/mol. The maximum atomic E-state index is 12.8. The minimum Gasteiger partial charge on any atom is -0.743 e. The van der Waals surface area contributed by atoms with E-state index in [2.05, 4.69) is 62.4 Å². The number of carbonyl (C=O) groups excluding carboxylic acids is 2. The standard InChI is InChI=1S/C46H55O6S.C4HF9O3S/c1-28-36-20-32-18-33(21-36)25-45(28,24-32)43(49-30(3)47)51-39-14-8-10-16-41(39)53(38-12-6-5-7-13-38)42-17-11-9-15-40(42)52-44(50-31(4)48)46-26-34-19-35(27-46)23-37(22-34)29(46)2;5-1(6,3(9,10)11)2(7,8)4(12,13)17(14,15)16/h5-17,28-29,32-37,43-44H,18-27H2,1-4H3;(H,14,15,16)/q+1;/p-1. The lowest BCUT2D eigenvalue weighted by molar-refractivity contribution is -0.382. The number of ether oxygens (including phenoxy) is 4. The smallest absolute Gasteiger partial charge is 0.460 e. The highest BCUT2D eigenvalue weighted by Crippen LogP contribution is 2.66. The zero-order chi connectivity index (χ0) is 51.0. The molecule has 8 aliphatic carbocycles. The van der Waals surface area contributed by atoms with Crippen LogP contribution in [0.15, 0.2) is 93.5 Å². The first-order valence-electron chi connectivity index (χ1n) is 23.4. The molecule has 384 valence electrons. The number of carbonyl (C=O) groups is 2. The lowest BCUT2D eigenvalue weighted by atomic mass is 9.45. The first kappa shape index (κ1) is 52.2. The molecule has 0 aliphatic heterocycles. The summed E-state index contributed by atoms with van der Waals surface area (Å²) in [5.41, 5.74) is -0.405. The molecule has 20 heteroatoms. The van der Waals surface area contributed by atoms with Crippen molar-refractivity contribution in [3.63, 3.8) is 0 Å². The molecule has 8 atom stereocenters. The average Bonchev–Trinajstić information content (AvgIpc) is 3.27. The van der Waals surface area contributed by atoms with E-state index in [1.54, 1.807) is 0 Å². The van der Waals surface area contributed by atoms with Gasteiger partial charge >= 0.3 is 35.2 Å². The third-order valence-electron chi connectivity index (χ3n) is 16.3. The van der Waals surface area contributed by atoms with Gasteiger partial charge in [0.25, 0.3) is 0 Å². The van der Waals surface area contributed by atoms with Crippen LogP contribution in [-0.4, -0.2) is 60.8 Å². The number of esters is 2. The highest BCUT2D eigenvalue weighted by molar-refractivity contribution is 7.97. The van der Waals surface area contributed by atoms with E-state index < -0.39 is 56.9 Å². The molecule has 0 heterocycles. The van der Waals surface area contributed by atoms with Crippen LogP contribution in [0.4, 0.5) is 39.5 Å². The van der Waals surface area contributed by atoms with E-state index in [-0.39, 0.29) is 22.8 Å². The van der Waals surface area contributed by atoms with Gasteiger partial charge in [-0.05, 0) is 148 Å². The van der Waals surface area contributed by atoms with Gasteiger partial charge in [-0.1, -0.05) is 56.3 Å². The molecular formula is C50H55F9O9S2. The average molecular weight is 1040 g/mol. The van der Waals surface area contributed by atoms with Crippen LogP contribution < -0.4 is 9.47 Å². The molecule has 0 N–H and O–H groups in total. The topological polar surface area (TPSA) is 128 Å². The Balaban J connectivity index is 0.000000333. The zero-order valence-electron chi connectivity index (χ0n) is 38.7. The molecule has 11 rings (SSSR count). The van der Waals surface area contributed by atoms with Crippen LogP contribution in [0.1, 0.15) is 91.9 Å². The van der Waals surface area contributed by atoms with Crippen molar-refractivity contribution in [3.8, 4) is 11.5 Å². The van der Waals surface area contributed by atoms with E-state index >= 15 is 0 Å². The normalized spacial score (nSPS) is 31.5. The number of hydrogen-bond donors (Lipinski definition) is 0. The maximum Gasteiger partial charge on any atom is 0.460 e. The van der Waals surface area contributed by atoms with Gasteiger partial charge < -0.3 is 23.5 Å². The summed E-state index contributed by atoms with van der Waals surface area (Å²) < 4.78 is 162. The van der Waals surface area contributed by atoms with Crippen molar-refractivity contribution >= 4 is 33.0 Å². The molecule has 8 aliphatic rings. The third kappa shape index (κ3) is 9.16. The predicted molar refractivity (Wildman–Crippen MR) is 235 cm³/mol. The molecule has 3 aromatic carbocycles. The second-order valence-electron chi connectivity index (χ2n) is 20.5. The Morgan fingerprint density at radius 2 is 0.943 bits per heavy atom. The van der Waals surface area contributed by atoms with Crippen LogP contribution in [0.5, 0.6) is 11.5 Å². The van der Waals surface area contributed by atoms with E-state index in [9.17, 15) is 62.1 Å². The van der Waals surface area contributed by atoms with Gasteiger partial charge in [-0.15, -0.1) is 0 Å². The predicted octanol–water partition coefficient (Wildman–Crippen LogP) is 12.2. The Morgan fingerprint density at radius 3 is 1.29 bits per heavy atom. The maximum absolute atomic E-state index is 12.8. The fourth-order valence-electron chi connectivity index (χ4n) is 13.5. The summed E-state index contributed by atoms with van der Waals surface area (Å²) in [7, 11) is -8.08. The van der Waals surface area contributed by atoms with Crippen LogP contribution in [0.2, 0.25) is 0 Å². The monoisotopic (exact) mass is 1030 g/mol. The highest BCUT2D eigenvalue weighted by Gasteiger charge is 2.84. The fourth-order valence-corrected chi connectivity index (χ4v) is 16.1. The number of para-hydroxylation sites is 2. The van der Waals surface area contributed by atoms with Crippen molar-refractivity contribution < 1.29 is 81.0 Å². The molecule has 8 fully saturated rings. The van der Waals surface area contributed by atoms with Crippen LogP contribution in [0, 0.1) is 58.2 Å². The largest absolute Gasteiger partial charge is 0.743 e. The van der Waals surface area contributed by atoms with Crippen molar-refractivity contribution in [2.75, 3.05) is 0 Å². The Hall–Kier alpha value is -4.17. The number of rotatable bonds is 14. The first-order chi connectivity index (χ1) is 32.6. The Labute approximate surface area is 403 Å². The molecule has 70 heavy (non-hydrogen) atoms. The summed E-state index contributed by atoms with van der Waals surface area (Å²) in [6.45, 7) is 7.78. The molecule has 8 saturated carbocycles. The minimum absolute atomic E-state index is 0.203. The second kappa shape index (κ2) is 18.7. The molecule has 8 unspecified atom stereocenters. The van der Waals surface area contributed by atoms with E-state index in [1.807, 2.05) is 30.3 Å². The van der Waals surface area contributed by atoms with Crippen molar-refractivity contribution in [1.29, 1.82) is 0 Å². The molecule has 0 amide bonds. The fraction of sp³-hybridized carbons (Fsp3) is 0.600. The van der Waals surface area contributed by atoms with Crippen LogP contribution >= 0.6 is 0 Å². The van der Waals surface area contributed by atoms with Gasteiger partial charge in [0.2, 0.25) is 22.4 Å². The third-order valence-corrected chi connectivity index (χ3v) is 19.5. The Kier molecular flexibility index (Phi) is 13.9. The van der Waals surface area contributed by atoms with Gasteiger partial charge in [-0.25, -0.2) is 8.42 Å². The van der Waals surface area contributed by atoms with Gasteiger partial charge in [0.15, 0.2) is 26.5 Å². The summed E-state index contributed by atoms with van der Waals surface area (Å²) in [4.78, 5) is 28.8. The molecule has 3 aromatic rings. The van der Waals surface area contributed by atoms with Crippen molar-refractivity contribution in [2.24, 2.45) is 58.2 Å². The van der Waals surface area contributed by atoms with E-state index in [1.165, 1.54) is 52.4 Å². The number of halogens is 9. The minimum atomic E-state index is -7.43. The first-order valence-corrected chi connectivity index (χ1v) is 26.1. The van der Waals surface area contributed by atoms with Crippen molar-refractivity contribution in [3.05, 3.63) is 78.9 Å². The number of benzene rings is 3. The van der Waals surface area contributed by atoms with Crippen molar-refractivity contribution in [2.45, 2.75) is 142 Å². The molecule has 0 aromatic heterocycles. The number of hydrogen-bond acceptors (Lipinski definition) is 9. The van der Waals surface area contributed by atoms with Crippen LogP contribution in [0.25, 0.3) is 0 Å². The van der Waals surface area contributed by atoms with Crippen LogP contribution in [0.3, 0.4) is 0 Å². The quantitative estimate of drug-likeness (QED) is 0.0509. The molecule has 0 radical (unpaired) electrons. The molecule has 9 nitrogen and oxygen atoms in total.